The number of hydrogen-bond acceptors (Lipinski definition) is 13. The van der Waals surface area contributed by atoms with Crippen LogP contribution in [0.5, 0.6) is 0 Å². The number of carbonyl (C=O) groups excluding carboxylic acids is 1. The van der Waals surface area contributed by atoms with Crippen LogP contribution in [0.4, 0.5) is 0 Å². The molecule has 0 aromatic carbocycles. The molecule has 2 aliphatic rings. The van der Waals surface area contributed by atoms with E-state index in [1.807, 2.05) is 6.08 Å². The molecule has 0 radical (unpaired) electrons. The third-order valence-electron chi connectivity index (χ3n) is 18.6. The van der Waals surface area contributed by atoms with Crippen LogP contribution in [0.25, 0.3) is 0 Å². The van der Waals surface area contributed by atoms with Gasteiger partial charge in [-0.05, 0) is 44.9 Å². The molecule has 2 heterocycles. The molecule has 0 aromatic rings. The molecule has 2 saturated heterocycles. The lowest BCUT2D eigenvalue weighted by molar-refractivity contribution is -0.359. The van der Waals surface area contributed by atoms with E-state index in [0.29, 0.717) is 6.42 Å². The van der Waals surface area contributed by atoms with E-state index in [1.54, 1.807) is 6.08 Å². The van der Waals surface area contributed by atoms with Crippen molar-refractivity contribution in [1.82, 2.24) is 5.32 Å². The van der Waals surface area contributed by atoms with E-state index < -0.39 is 86.8 Å². The largest absolute Gasteiger partial charge is 0.394 e. The van der Waals surface area contributed by atoms with E-state index in [9.17, 15) is 45.6 Å². The fourth-order valence-electron chi connectivity index (χ4n) is 12.6. The minimum Gasteiger partial charge on any atom is -0.394 e. The van der Waals surface area contributed by atoms with Gasteiger partial charge in [0.2, 0.25) is 5.91 Å². The highest BCUT2D eigenvalue weighted by molar-refractivity contribution is 5.76. The zero-order valence-corrected chi connectivity index (χ0v) is 56.7. The molecule has 14 nitrogen and oxygen atoms in total. The molecule has 520 valence electrons. The maximum Gasteiger partial charge on any atom is 0.220 e. The number of carbonyl (C=O) groups is 1. The third-order valence-corrected chi connectivity index (χ3v) is 18.6. The molecule has 2 aliphatic heterocycles. The first-order valence-electron chi connectivity index (χ1n) is 37.6. The molecule has 0 aromatic heterocycles. The Bertz CT molecular complexity index is 1570. The van der Waals surface area contributed by atoms with E-state index in [2.05, 4.69) is 31.3 Å². The smallest absolute Gasteiger partial charge is 0.220 e. The molecule has 0 saturated carbocycles. The van der Waals surface area contributed by atoms with Gasteiger partial charge in [-0.25, -0.2) is 0 Å². The summed E-state index contributed by atoms with van der Waals surface area (Å²) in [4.78, 5) is 13.3. The number of hydrogen-bond donors (Lipinski definition) is 9. The number of aliphatic hydroxyl groups excluding tert-OH is 8. The SMILES string of the molecule is CCCCCCCCCC/C=C\CCCCCCCCCCCCCCCCCCCCCCCCCCCCCCCC(=O)NC(COC1OC(CO)C(OC2OC(CO)C(O)C(O)C2O)C(O)C1O)C(O)/C=C/CCCCCCCCCCCCC. The quantitative estimate of drug-likeness (QED) is 0.0204. The Hall–Kier alpha value is -1.53. The van der Waals surface area contributed by atoms with Gasteiger partial charge in [0, 0.05) is 6.42 Å². The summed E-state index contributed by atoms with van der Waals surface area (Å²) in [6.07, 6.45) is 58.6. The van der Waals surface area contributed by atoms with Crippen molar-refractivity contribution in [3.05, 3.63) is 24.3 Å². The van der Waals surface area contributed by atoms with Crippen LogP contribution >= 0.6 is 0 Å². The molecule has 0 bridgehead atoms. The molecule has 2 fully saturated rings. The molecular formula is C74H141NO13. The maximum atomic E-state index is 13.3. The van der Waals surface area contributed by atoms with E-state index >= 15 is 0 Å². The Morgan fingerprint density at radius 2 is 0.716 bits per heavy atom. The first-order chi connectivity index (χ1) is 43.1. The second-order valence-corrected chi connectivity index (χ2v) is 26.8. The number of ether oxygens (including phenoxy) is 4. The maximum absolute atomic E-state index is 13.3. The Morgan fingerprint density at radius 3 is 1.08 bits per heavy atom. The monoisotopic (exact) mass is 1250 g/mol. The standard InChI is InChI=1S/C74H141NO13/c1-3-5-7-9-11-13-15-17-18-19-20-21-22-23-24-25-26-27-28-29-30-31-32-33-34-35-36-37-38-39-40-41-42-43-44-46-48-50-52-54-56-58-66(79)75-62(63(78)57-55-53-51-49-47-45-16-14-12-10-8-6-4-2)61-85-73-71(84)69(82)72(65(60-77)87-73)88-74-70(83)68(81)67(80)64(59-76)86-74/h19-20,55,57,62-65,67-74,76-78,80-84H,3-18,21-54,56,58-61H2,1-2H3,(H,75,79)/b20-19-,57-55+. The highest BCUT2D eigenvalue weighted by Crippen LogP contribution is 2.30. The van der Waals surface area contributed by atoms with E-state index in [1.165, 1.54) is 283 Å². The Kier molecular flexibility index (Phi) is 55.6. The zero-order valence-electron chi connectivity index (χ0n) is 56.7. The van der Waals surface area contributed by atoms with Crippen molar-refractivity contribution >= 4 is 5.91 Å². The summed E-state index contributed by atoms with van der Waals surface area (Å²) in [5.41, 5.74) is 0. The molecule has 12 unspecified atom stereocenters. The third kappa shape index (κ3) is 42.6. The fraction of sp³-hybridized carbons (Fsp3) is 0.932. The van der Waals surface area contributed by atoms with Crippen LogP contribution in [0, 0.1) is 0 Å². The van der Waals surface area contributed by atoms with Gasteiger partial charge < -0.3 is 65.1 Å². The second-order valence-electron chi connectivity index (χ2n) is 26.8. The molecule has 2 rings (SSSR count). The second kappa shape index (κ2) is 59.2. The average Bonchev–Trinajstić information content (AvgIpc) is 2.45. The Labute approximate surface area is 539 Å². The van der Waals surface area contributed by atoms with E-state index in [4.69, 9.17) is 18.9 Å². The van der Waals surface area contributed by atoms with Crippen molar-refractivity contribution in [1.29, 1.82) is 0 Å². The molecule has 0 aliphatic carbocycles. The van der Waals surface area contributed by atoms with Crippen molar-refractivity contribution in [2.75, 3.05) is 19.8 Å². The van der Waals surface area contributed by atoms with Crippen molar-refractivity contribution in [3.8, 4) is 0 Å². The number of rotatable bonds is 63. The minimum absolute atomic E-state index is 0.233. The molecule has 12 atom stereocenters. The number of amides is 1. The first-order valence-corrected chi connectivity index (χ1v) is 37.6. The van der Waals surface area contributed by atoms with Crippen LogP contribution in [-0.4, -0.2) is 140 Å². The lowest BCUT2D eigenvalue weighted by Gasteiger charge is -2.46. The first kappa shape index (κ1) is 82.6. The Morgan fingerprint density at radius 1 is 0.398 bits per heavy atom. The lowest BCUT2D eigenvalue weighted by Crippen LogP contribution is -2.65. The zero-order chi connectivity index (χ0) is 63.8. The predicted octanol–water partition coefficient (Wildman–Crippen LogP) is 15.9. The number of allylic oxidation sites excluding steroid dienone is 3. The van der Waals surface area contributed by atoms with Crippen molar-refractivity contribution in [2.24, 2.45) is 0 Å². The van der Waals surface area contributed by atoms with Gasteiger partial charge in [0.05, 0.1) is 32.0 Å². The summed E-state index contributed by atoms with van der Waals surface area (Å²) in [7, 11) is 0. The summed E-state index contributed by atoms with van der Waals surface area (Å²) in [6, 6.07) is -0.911. The van der Waals surface area contributed by atoms with Gasteiger partial charge in [-0.15, -0.1) is 0 Å². The van der Waals surface area contributed by atoms with Crippen LogP contribution in [0.15, 0.2) is 24.3 Å². The van der Waals surface area contributed by atoms with Crippen LogP contribution in [-0.2, 0) is 23.7 Å². The average molecular weight is 1250 g/mol. The van der Waals surface area contributed by atoms with Gasteiger partial charge in [0.25, 0.3) is 0 Å². The van der Waals surface area contributed by atoms with Crippen molar-refractivity contribution in [3.63, 3.8) is 0 Å². The van der Waals surface area contributed by atoms with E-state index in [0.717, 1.165) is 38.5 Å². The van der Waals surface area contributed by atoms with E-state index in [-0.39, 0.29) is 18.9 Å². The van der Waals surface area contributed by atoms with Gasteiger partial charge in [0.1, 0.15) is 48.8 Å². The molecular weight excluding hydrogens is 1110 g/mol. The van der Waals surface area contributed by atoms with Gasteiger partial charge >= 0.3 is 0 Å². The van der Waals surface area contributed by atoms with Gasteiger partial charge in [-0.2, -0.15) is 0 Å². The summed E-state index contributed by atoms with van der Waals surface area (Å²) < 4.78 is 22.8. The van der Waals surface area contributed by atoms with Gasteiger partial charge in [0.15, 0.2) is 12.6 Å². The topological polar surface area (TPSA) is 228 Å². The summed E-state index contributed by atoms with van der Waals surface area (Å²) >= 11 is 0. The Balaban J connectivity index is 1.51. The van der Waals surface area contributed by atoms with Crippen LogP contribution < -0.4 is 5.32 Å². The minimum atomic E-state index is -1.79. The normalized spacial score (nSPS) is 23.2. The molecule has 1 amide bonds. The number of nitrogens with one attached hydrogen (secondary N) is 1. The highest BCUT2D eigenvalue weighted by Gasteiger charge is 2.51. The summed E-state index contributed by atoms with van der Waals surface area (Å²) in [6.45, 7) is 2.83. The molecule has 0 spiro atoms. The predicted molar refractivity (Wildman–Crippen MR) is 360 cm³/mol. The lowest BCUT2D eigenvalue weighted by atomic mass is 9.97. The van der Waals surface area contributed by atoms with Gasteiger partial charge in [-0.1, -0.05) is 321 Å². The summed E-state index contributed by atoms with van der Waals surface area (Å²) in [5, 5.41) is 87.3. The summed E-state index contributed by atoms with van der Waals surface area (Å²) in [5.74, 6) is -0.233. The molecule has 14 heteroatoms. The molecule has 88 heavy (non-hydrogen) atoms. The molecule has 9 N–H and O–H groups in total. The van der Waals surface area contributed by atoms with Crippen molar-refractivity contribution in [2.45, 2.75) is 421 Å². The number of unbranched alkanes of at least 4 members (excludes halogenated alkanes) is 48. The van der Waals surface area contributed by atoms with Crippen molar-refractivity contribution < 1.29 is 64.6 Å². The van der Waals surface area contributed by atoms with Crippen LogP contribution in [0.3, 0.4) is 0 Å². The van der Waals surface area contributed by atoms with Gasteiger partial charge in [-0.3, -0.25) is 4.79 Å². The fourth-order valence-corrected chi connectivity index (χ4v) is 12.6. The number of aliphatic hydroxyl groups is 8. The van der Waals surface area contributed by atoms with Crippen LogP contribution in [0.2, 0.25) is 0 Å². The van der Waals surface area contributed by atoms with Crippen LogP contribution in [0.1, 0.15) is 348 Å². The highest BCUT2D eigenvalue weighted by atomic mass is 16.7.